The van der Waals surface area contributed by atoms with E-state index in [2.05, 4.69) is 10.3 Å². The van der Waals surface area contributed by atoms with Crippen LogP contribution in [0.4, 0.5) is 0 Å². The van der Waals surface area contributed by atoms with E-state index in [1.165, 1.54) is 14.2 Å². The molecule has 0 spiro atoms. The predicted octanol–water partition coefficient (Wildman–Crippen LogP) is 2.50. The highest BCUT2D eigenvalue weighted by atomic mass is 16.5. The molecule has 0 unspecified atom stereocenters. The molecule has 1 amide bonds. The van der Waals surface area contributed by atoms with Crippen molar-refractivity contribution in [1.29, 1.82) is 0 Å². The van der Waals surface area contributed by atoms with Crippen LogP contribution >= 0.6 is 0 Å². The van der Waals surface area contributed by atoms with Crippen molar-refractivity contribution >= 4 is 17.7 Å². The van der Waals surface area contributed by atoms with Gasteiger partial charge in [-0.2, -0.15) is 0 Å². The number of aryl methyl sites for hydroxylation is 1. The molecule has 2 N–H and O–H groups in total. The number of aromatic amines is 1. The number of rotatable bonds is 8. The summed E-state index contributed by atoms with van der Waals surface area (Å²) in [6.45, 7) is 5.50. The number of amides is 1. The summed E-state index contributed by atoms with van der Waals surface area (Å²) in [6.07, 6.45) is 0. The Morgan fingerprint density at radius 1 is 1.11 bits per heavy atom. The Morgan fingerprint density at radius 2 is 1.82 bits per heavy atom. The molecule has 0 atom stereocenters. The normalized spacial score (nSPS) is 10.3. The van der Waals surface area contributed by atoms with Gasteiger partial charge in [0.1, 0.15) is 17.2 Å². The number of nitrogens with one attached hydrogen (secondary N) is 2. The SMILES string of the molecule is CCNC(=O)C(=O)c1[nH]c(C)c(C(=O)OCC)c1-c1cc(OC)ccc1OC. The molecule has 28 heavy (non-hydrogen) atoms. The zero-order chi connectivity index (χ0) is 20.8. The second-order valence-corrected chi connectivity index (χ2v) is 5.85. The van der Waals surface area contributed by atoms with Crippen LogP contribution in [0.15, 0.2) is 18.2 Å². The molecule has 150 valence electrons. The van der Waals surface area contributed by atoms with Crippen LogP contribution in [0.3, 0.4) is 0 Å². The molecule has 0 aliphatic rings. The van der Waals surface area contributed by atoms with Gasteiger partial charge in [0, 0.05) is 23.4 Å². The van der Waals surface area contributed by atoms with E-state index in [4.69, 9.17) is 14.2 Å². The summed E-state index contributed by atoms with van der Waals surface area (Å²) in [5, 5.41) is 2.48. The number of carbonyl (C=O) groups is 3. The Morgan fingerprint density at radius 3 is 2.39 bits per heavy atom. The predicted molar refractivity (Wildman–Crippen MR) is 103 cm³/mol. The number of benzene rings is 1. The van der Waals surface area contributed by atoms with Gasteiger partial charge in [0.2, 0.25) is 0 Å². The summed E-state index contributed by atoms with van der Waals surface area (Å²) in [5.41, 5.74) is 1.23. The van der Waals surface area contributed by atoms with Crippen LogP contribution < -0.4 is 14.8 Å². The fourth-order valence-electron chi connectivity index (χ4n) is 2.89. The van der Waals surface area contributed by atoms with Crippen molar-refractivity contribution in [2.24, 2.45) is 0 Å². The molecular weight excluding hydrogens is 364 g/mol. The molecule has 0 bridgehead atoms. The maximum atomic E-state index is 12.8. The third-order valence-electron chi connectivity index (χ3n) is 4.11. The summed E-state index contributed by atoms with van der Waals surface area (Å²) in [4.78, 5) is 40.4. The van der Waals surface area contributed by atoms with Gasteiger partial charge in [0.05, 0.1) is 26.4 Å². The average molecular weight is 388 g/mol. The van der Waals surface area contributed by atoms with Crippen molar-refractivity contribution in [3.05, 3.63) is 35.2 Å². The van der Waals surface area contributed by atoms with E-state index in [9.17, 15) is 14.4 Å². The first-order valence-electron chi connectivity index (χ1n) is 8.84. The molecule has 0 fully saturated rings. The third kappa shape index (κ3) is 4.00. The highest BCUT2D eigenvalue weighted by Gasteiger charge is 2.31. The molecule has 1 aromatic heterocycles. The Bertz CT molecular complexity index is 900. The van der Waals surface area contributed by atoms with Crippen molar-refractivity contribution < 1.29 is 28.6 Å². The summed E-state index contributed by atoms with van der Waals surface area (Å²) in [5.74, 6) is -1.26. The number of ketones is 1. The van der Waals surface area contributed by atoms with Crippen molar-refractivity contribution in [3.63, 3.8) is 0 Å². The van der Waals surface area contributed by atoms with E-state index in [1.54, 1.807) is 39.0 Å². The van der Waals surface area contributed by atoms with Crippen molar-refractivity contribution in [2.75, 3.05) is 27.4 Å². The van der Waals surface area contributed by atoms with E-state index in [0.29, 0.717) is 29.3 Å². The number of carbonyl (C=O) groups excluding carboxylic acids is 3. The van der Waals surface area contributed by atoms with Crippen LogP contribution in [-0.2, 0) is 9.53 Å². The first kappa shape index (κ1) is 21.0. The van der Waals surface area contributed by atoms with E-state index in [0.717, 1.165) is 0 Å². The molecule has 0 radical (unpaired) electrons. The minimum absolute atomic E-state index is 0.0157. The van der Waals surface area contributed by atoms with Gasteiger partial charge in [0.15, 0.2) is 0 Å². The molecule has 1 aromatic carbocycles. The smallest absolute Gasteiger partial charge is 0.340 e. The highest BCUT2D eigenvalue weighted by molar-refractivity contribution is 6.44. The van der Waals surface area contributed by atoms with E-state index < -0.39 is 17.7 Å². The van der Waals surface area contributed by atoms with E-state index in [-0.39, 0.29) is 23.4 Å². The standard InChI is InChI=1S/C20H24N2O6/c1-6-21-19(24)18(23)17-16(15(11(3)22-17)20(25)28-7-2)13-10-12(26-4)8-9-14(13)27-5/h8-10,22H,6-7H2,1-5H3,(H,21,24). The Hall–Kier alpha value is -3.29. The zero-order valence-corrected chi connectivity index (χ0v) is 16.6. The molecule has 1 heterocycles. The fourth-order valence-corrected chi connectivity index (χ4v) is 2.89. The molecule has 8 heteroatoms. The average Bonchev–Trinajstić information content (AvgIpc) is 3.04. The van der Waals surface area contributed by atoms with Gasteiger partial charge in [-0.3, -0.25) is 9.59 Å². The maximum Gasteiger partial charge on any atom is 0.340 e. The largest absolute Gasteiger partial charge is 0.497 e. The third-order valence-corrected chi connectivity index (χ3v) is 4.11. The van der Waals surface area contributed by atoms with Gasteiger partial charge in [-0.1, -0.05) is 0 Å². The number of Topliss-reactive ketones (excluding diaryl/α,β-unsaturated/α-hetero) is 1. The van der Waals surface area contributed by atoms with Crippen LogP contribution in [0, 0.1) is 6.92 Å². The summed E-state index contributed by atoms with van der Waals surface area (Å²) < 4.78 is 15.8. The number of esters is 1. The summed E-state index contributed by atoms with van der Waals surface area (Å²) >= 11 is 0. The lowest BCUT2D eigenvalue weighted by Gasteiger charge is -2.13. The number of hydrogen-bond donors (Lipinski definition) is 2. The minimum atomic E-state index is -0.791. The highest BCUT2D eigenvalue weighted by Crippen LogP contribution is 2.39. The van der Waals surface area contributed by atoms with Crippen LogP contribution in [0.5, 0.6) is 11.5 Å². The molecular formula is C20H24N2O6. The molecule has 2 rings (SSSR count). The zero-order valence-electron chi connectivity index (χ0n) is 16.6. The van der Waals surface area contributed by atoms with Gasteiger partial charge >= 0.3 is 5.97 Å². The lowest BCUT2D eigenvalue weighted by atomic mass is 9.97. The van der Waals surface area contributed by atoms with Crippen molar-refractivity contribution in [3.8, 4) is 22.6 Å². The number of ether oxygens (including phenoxy) is 3. The second-order valence-electron chi connectivity index (χ2n) is 5.85. The van der Waals surface area contributed by atoms with Gasteiger partial charge in [0.25, 0.3) is 11.7 Å². The topological polar surface area (TPSA) is 107 Å². The van der Waals surface area contributed by atoms with Crippen molar-refractivity contribution in [2.45, 2.75) is 20.8 Å². The van der Waals surface area contributed by atoms with Crippen LogP contribution in [-0.4, -0.2) is 50.0 Å². The Labute approximate surface area is 163 Å². The number of hydrogen-bond acceptors (Lipinski definition) is 6. The second kappa shape index (κ2) is 9.07. The van der Waals surface area contributed by atoms with Crippen LogP contribution in [0.2, 0.25) is 0 Å². The van der Waals surface area contributed by atoms with Gasteiger partial charge < -0.3 is 24.5 Å². The summed E-state index contributed by atoms with van der Waals surface area (Å²) in [7, 11) is 2.97. The van der Waals surface area contributed by atoms with Gasteiger partial charge in [-0.15, -0.1) is 0 Å². The number of likely N-dealkylation sites (N-methyl/N-ethyl adjacent to an activating group) is 1. The lowest BCUT2D eigenvalue weighted by molar-refractivity contribution is -0.116. The molecule has 0 aliphatic heterocycles. The molecule has 0 saturated heterocycles. The first-order valence-corrected chi connectivity index (χ1v) is 8.84. The van der Waals surface area contributed by atoms with E-state index in [1.807, 2.05) is 0 Å². The van der Waals surface area contributed by atoms with Crippen LogP contribution in [0.1, 0.15) is 40.4 Å². The number of methoxy groups -OCH3 is 2. The summed E-state index contributed by atoms with van der Waals surface area (Å²) in [6, 6.07) is 4.99. The monoisotopic (exact) mass is 388 g/mol. The molecule has 0 saturated carbocycles. The lowest BCUT2D eigenvalue weighted by Crippen LogP contribution is -2.31. The maximum absolute atomic E-state index is 12.8. The van der Waals surface area contributed by atoms with Crippen molar-refractivity contribution in [1.82, 2.24) is 10.3 Å². The minimum Gasteiger partial charge on any atom is -0.497 e. The first-order chi connectivity index (χ1) is 13.4. The molecule has 8 nitrogen and oxygen atoms in total. The molecule has 0 aliphatic carbocycles. The van der Waals surface area contributed by atoms with Gasteiger partial charge in [-0.05, 0) is 39.0 Å². The number of H-pyrrole nitrogens is 1. The Balaban J connectivity index is 2.81. The fraction of sp³-hybridized carbons (Fsp3) is 0.350. The van der Waals surface area contributed by atoms with Crippen LogP contribution in [0.25, 0.3) is 11.1 Å². The van der Waals surface area contributed by atoms with Gasteiger partial charge in [-0.25, -0.2) is 4.79 Å². The molecule has 2 aromatic rings. The van der Waals surface area contributed by atoms with E-state index >= 15 is 0 Å². The quantitative estimate of drug-likeness (QED) is 0.409. The number of aromatic nitrogens is 1. The Kier molecular flexibility index (Phi) is 6.81.